The Labute approximate surface area is 122 Å². The standard InChI is InChI=1S/C17H27FN2/c1-12(2)20(11-16-6-5-9-19-16)14(4)15-8-7-13(3)17(18)10-15/h7-8,10,12,14,16,19H,5-6,9,11H2,1-4H3. The zero-order valence-electron chi connectivity index (χ0n) is 13.1. The summed E-state index contributed by atoms with van der Waals surface area (Å²) in [4.78, 5) is 2.47. The molecule has 0 saturated carbocycles. The van der Waals surface area contributed by atoms with Crippen molar-refractivity contribution >= 4 is 0 Å². The van der Waals surface area contributed by atoms with Gasteiger partial charge in [0.25, 0.3) is 0 Å². The van der Waals surface area contributed by atoms with E-state index in [0.717, 1.165) is 24.2 Å². The van der Waals surface area contributed by atoms with Crippen LogP contribution >= 0.6 is 0 Å². The van der Waals surface area contributed by atoms with Crippen LogP contribution in [-0.2, 0) is 0 Å². The molecule has 2 rings (SSSR count). The second kappa shape index (κ2) is 6.68. The van der Waals surface area contributed by atoms with Gasteiger partial charge in [-0.2, -0.15) is 0 Å². The van der Waals surface area contributed by atoms with Crippen LogP contribution in [0.1, 0.15) is 50.8 Å². The van der Waals surface area contributed by atoms with Crippen LogP contribution in [0.15, 0.2) is 18.2 Å². The number of hydrogen-bond acceptors (Lipinski definition) is 2. The molecule has 3 heteroatoms. The molecule has 1 aliphatic rings. The fourth-order valence-corrected chi connectivity index (χ4v) is 3.04. The smallest absolute Gasteiger partial charge is 0.126 e. The van der Waals surface area contributed by atoms with Gasteiger partial charge >= 0.3 is 0 Å². The molecule has 0 aromatic heterocycles. The lowest BCUT2D eigenvalue weighted by atomic mass is 10.0. The second-order valence-electron chi connectivity index (χ2n) is 6.27. The zero-order valence-corrected chi connectivity index (χ0v) is 13.1. The molecular formula is C17H27FN2. The number of rotatable bonds is 5. The molecule has 0 radical (unpaired) electrons. The summed E-state index contributed by atoms with van der Waals surface area (Å²) in [5, 5.41) is 3.55. The molecule has 0 amide bonds. The summed E-state index contributed by atoms with van der Waals surface area (Å²) >= 11 is 0. The highest BCUT2D eigenvalue weighted by Gasteiger charge is 2.24. The number of nitrogens with zero attached hydrogens (tertiary/aromatic N) is 1. The molecular weight excluding hydrogens is 251 g/mol. The average Bonchev–Trinajstić information content (AvgIpc) is 2.91. The van der Waals surface area contributed by atoms with Crippen molar-refractivity contribution in [2.24, 2.45) is 0 Å². The molecule has 1 heterocycles. The first-order valence-corrected chi connectivity index (χ1v) is 7.74. The summed E-state index contributed by atoms with van der Waals surface area (Å²) in [6, 6.07) is 6.91. The number of hydrogen-bond donors (Lipinski definition) is 1. The Hall–Kier alpha value is -0.930. The minimum absolute atomic E-state index is 0.1000. The Morgan fingerprint density at radius 2 is 2.10 bits per heavy atom. The maximum absolute atomic E-state index is 13.8. The third-order valence-electron chi connectivity index (χ3n) is 4.43. The van der Waals surface area contributed by atoms with Crippen LogP contribution in [-0.4, -0.2) is 30.1 Å². The average molecular weight is 278 g/mol. The van der Waals surface area contributed by atoms with E-state index in [1.165, 1.54) is 12.8 Å². The first-order chi connectivity index (χ1) is 9.49. The fourth-order valence-electron chi connectivity index (χ4n) is 3.04. The van der Waals surface area contributed by atoms with Crippen LogP contribution in [0.3, 0.4) is 0 Å². The van der Waals surface area contributed by atoms with Crippen LogP contribution in [0.25, 0.3) is 0 Å². The third-order valence-corrected chi connectivity index (χ3v) is 4.43. The van der Waals surface area contributed by atoms with Crippen molar-refractivity contribution in [1.29, 1.82) is 0 Å². The van der Waals surface area contributed by atoms with Gasteiger partial charge in [-0.3, -0.25) is 4.90 Å². The van der Waals surface area contributed by atoms with E-state index in [4.69, 9.17) is 0 Å². The quantitative estimate of drug-likeness (QED) is 0.884. The van der Waals surface area contributed by atoms with E-state index in [0.29, 0.717) is 12.1 Å². The minimum Gasteiger partial charge on any atom is -0.313 e. The van der Waals surface area contributed by atoms with Gasteiger partial charge in [0.1, 0.15) is 5.82 Å². The van der Waals surface area contributed by atoms with E-state index < -0.39 is 0 Å². The minimum atomic E-state index is -0.1000. The zero-order chi connectivity index (χ0) is 14.7. The van der Waals surface area contributed by atoms with Crippen LogP contribution in [0.2, 0.25) is 0 Å². The molecule has 0 aliphatic carbocycles. The molecule has 0 spiro atoms. The van der Waals surface area contributed by atoms with Crippen molar-refractivity contribution in [2.75, 3.05) is 13.1 Å². The molecule has 1 aliphatic heterocycles. The number of benzene rings is 1. The van der Waals surface area contributed by atoms with Crippen LogP contribution in [0.4, 0.5) is 4.39 Å². The third kappa shape index (κ3) is 3.58. The van der Waals surface area contributed by atoms with Gasteiger partial charge in [0, 0.05) is 24.7 Å². The van der Waals surface area contributed by atoms with Gasteiger partial charge in [-0.05, 0) is 64.3 Å². The summed E-state index contributed by atoms with van der Waals surface area (Å²) in [5.74, 6) is -0.1000. The lowest BCUT2D eigenvalue weighted by molar-refractivity contribution is 0.149. The SMILES string of the molecule is Cc1ccc(C(C)N(CC2CCCN2)C(C)C)cc1F. The van der Waals surface area contributed by atoms with E-state index in [9.17, 15) is 4.39 Å². The summed E-state index contributed by atoms with van der Waals surface area (Å²) < 4.78 is 13.8. The number of halogens is 1. The van der Waals surface area contributed by atoms with Gasteiger partial charge in [0.2, 0.25) is 0 Å². The fraction of sp³-hybridized carbons (Fsp3) is 0.647. The molecule has 1 fully saturated rings. The Kier molecular flexibility index (Phi) is 5.17. The lowest BCUT2D eigenvalue weighted by Gasteiger charge is -2.35. The predicted molar refractivity (Wildman–Crippen MR) is 82.4 cm³/mol. The van der Waals surface area contributed by atoms with E-state index in [2.05, 4.69) is 37.1 Å². The summed E-state index contributed by atoms with van der Waals surface area (Å²) in [6.45, 7) is 10.6. The topological polar surface area (TPSA) is 15.3 Å². The first-order valence-electron chi connectivity index (χ1n) is 7.74. The van der Waals surface area contributed by atoms with Crippen molar-refractivity contribution in [1.82, 2.24) is 10.2 Å². The summed E-state index contributed by atoms with van der Waals surface area (Å²) in [7, 11) is 0. The number of aryl methyl sites for hydroxylation is 1. The molecule has 20 heavy (non-hydrogen) atoms. The van der Waals surface area contributed by atoms with Gasteiger partial charge in [0.05, 0.1) is 0 Å². The second-order valence-corrected chi connectivity index (χ2v) is 6.27. The van der Waals surface area contributed by atoms with Gasteiger partial charge < -0.3 is 5.32 Å². The van der Waals surface area contributed by atoms with Crippen LogP contribution < -0.4 is 5.32 Å². The van der Waals surface area contributed by atoms with Crippen molar-refractivity contribution < 1.29 is 4.39 Å². The highest BCUT2D eigenvalue weighted by Crippen LogP contribution is 2.25. The molecule has 1 aromatic rings. The molecule has 2 nitrogen and oxygen atoms in total. The van der Waals surface area contributed by atoms with Crippen molar-refractivity contribution in [2.45, 2.75) is 58.7 Å². The van der Waals surface area contributed by atoms with Gasteiger partial charge in [-0.25, -0.2) is 4.39 Å². The van der Waals surface area contributed by atoms with Gasteiger partial charge in [-0.1, -0.05) is 12.1 Å². The molecule has 1 N–H and O–H groups in total. The highest BCUT2D eigenvalue weighted by atomic mass is 19.1. The Morgan fingerprint density at radius 1 is 1.35 bits per heavy atom. The highest BCUT2D eigenvalue weighted by molar-refractivity contribution is 5.25. The molecule has 2 unspecified atom stereocenters. The predicted octanol–water partition coefficient (Wildman–Crippen LogP) is 3.66. The maximum Gasteiger partial charge on any atom is 0.126 e. The Morgan fingerprint density at radius 3 is 2.65 bits per heavy atom. The van der Waals surface area contributed by atoms with Crippen LogP contribution in [0, 0.1) is 12.7 Å². The van der Waals surface area contributed by atoms with Gasteiger partial charge in [0.15, 0.2) is 0 Å². The van der Waals surface area contributed by atoms with Crippen LogP contribution in [0.5, 0.6) is 0 Å². The summed E-state index contributed by atoms with van der Waals surface area (Å²) in [5.41, 5.74) is 1.79. The molecule has 112 valence electrons. The molecule has 0 bridgehead atoms. The molecule has 2 atom stereocenters. The molecule has 1 aromatic carbocycles. The summed E-state index contributed by atoms with van der Waals surface area (Å²) in [6.07, 6.45) is 2.52. The van der Waals surface area contributed by atoms with Crippen molar-refractivity contribution in [3.8, 4) is 0 Å². The normalized spacial score (nSPS) is 20.9. The number of nitrogens with one attached hydrogen (secondary N) is 1. The Balaban J connectivity index is 2.12. The van der Waals surface area contributed by atoms with E-state index in [1.807, 2.05) is 13.0 Å². The first kappa shape index (κ1) is 15.5. The lowest BCUT2D eigenvalue weighted by Crippen LogP contribution is -2.42. The molecule has 1 saturated heterocycles. The maximum atomic E-state index is 13.8. The van der Waals surface area contributed by atoms with E-state index in [1.54, 1.807) is 6.07 Å². The monoisotopic (exact) mass is 278 g/mol. The Bertz CT molecular complexity index is 439. The van der Waals surface area contributed by atoms with Crippen molar-refractivity contribution in [3.63, 3.8) is 0 Å². The van der Waals surface area contributed by atoms with Gasteiger partial charge in [-0.15, -0.1) is 0 Å². The van der Waals surface area contributed by atoms with Crippen molar-refractivity contribution in [3.05, 3.63) is 35.1 Å². The van der Waals surface area contributed by atoms with E-state index >= 15 is 0 Å². The van der Waals surface area contributed by atoms with E-state index in [-0.39, 0.29) is 11.9 Å². The largest absolute Gasteiger partial charge is 0.313 e.